The van der Waals surface area contributed by atoms with E-state index < -0.39 is 10.0 Å². The summed E-state index contributed by atoms with van der Waals surface area (Å²) in [5.41, 5.74) is 2.78. The van der Waals surface area contributed by atoms with Crippen LogP contribution in [-0.2, 0) is 16.6 Å². The Kier molecular flexibility index (Phi) is 4.48. The van der Waals surface area contributed by atoms with Crippen LogP contribution in [0.5, 0.6) is 0 Å². The molecule has 2 rings (SSSR count). The van der Waals surface area contributed by atoms with Gasteiger partial charge in [-0.15, -0.1) is 0 Å². The molecule has 1 N–H and O–H groups in total. The predicted molar refractivity (Wildman–Crippen MR) is 81.4 cm³/mol. The van der Waals surface area contributed by atoms with Crippen LogP contribution in [-0.4, -0.2) is 8.42 Å². The highest BCUT2D eigenvalue weighted by Gasteiger charge is 2.14. The van der Waals surface area contributed by atoms with Crippen molar-refractivity contribution in [3.8, 4) is 0 Å². The number of hydrogen-bond acceptors (Lipinski definition) is 2. The highest BCUT2D eigenvalue weighted by atomic mass is 35.5. The van der Waals surface area contributed by atoms with Gasteiger partial charge in [-0.3, -0.25) is 0 Å². The minimum Gasteiger partial charge on any atom is -0.207 e. The molecule has 20 heavy (non-hydrogen) atoms. The molecule has 3 nitrogen and oxygen atoms in total. The van der Waals surface area contributed by atoms with E-state index in [0.717, 1.165) is 16.7 Å². The van der Waals surface area contributed by atoms with Gasteiger partial charge in [-0.25, -0.2) is 13.1 Å². The maximum Gasteiger partial charge on any atom is 0.240 e. The van der Waals surface area contributed by atoms with Crippen molar-refractivity contribution in [2.45, 2.75) is 25.3 Å². The molecule has 0 radical (unpaired) electrons. The predicted octanol–water partition coefficient (Wildman–Crippen LogP) is 3.44. The molecule has 106 valence electrons. The lowest BCUT2D eigenvalue weighted by molar-refractivity contribution is 0.581. The van der Waals surface area contributed by atoms with Crippen LogP contribution < -0.4 is 4.72 Å². The summed E-state index contributed by atoms with van der Waals surface area (Å²) in [4.78, 5) is 0.275. The molecule has 5 heteroatoms. The van der Waals surface area contributed by atoms with Crippen molar-refractivity contribution in [1.82, 2.24) is 4.72 Å². The van der Waals surface area contributed by atoms with E-state index in [2.05, 4.69) is 4.72 Å². The lowest BCUT2D eigenvalue weighted by atomic mass is 10.1. The van der Waals surface area contributed by atoms with E-state index in [0.29, 0.717) is 5.02 Å². The number of rotatable bonds is 4. The molecule has 0 aliphatic heterocycles. The van der Waals surface area contributed by atoms with E-state index in [1.54, 1.807) is 30.3 Å². The van der Waals surface area contributed by atoms with Crippen molar-refractivity contribution < 1.29 is 8.42 Å². The lowest BCUT2D eigenvalue weighted by Gasteiger charge is -2.10. The van der Waals surface area contributed by atoms with E-state index in [9.17, 15) is 8.42 Å². The molecule has 0 atom stereocenters. The van der Waals surface area contributed by atoms with Gasteiger partial charge in [-0.1, -0.05) is 29.8 Å². The maximum absolute atomic E-state index is 12.2. The molecule has 0 fully saturated rings. The van der Waals surface area contributed by atoms with Crippen molar-refractivity contribution in [3.05, 3.63) is 64.2 Å². The minimum absolute atomic E-state index is 0.225. The average molecular weight is 310 g/mol. The monoisotopic (exact) mass is 309 g/mol. The molecule has 2 aromatic carbocycles. The molecule has 0 saturated carbocycles. The molecule has 0 saturated heterocycles. The maximum atomic E-state index is 12.2. The number of benzene rings is 2. The van der Waals surface area contributed by atoms with Gasteiger partial charge in [0.25, 0.3) is 0 Å². The molecule has 0 aromatic heterocycles. The molecule has 0 aliphatic rings. The molecule has 0 spiro atoms. The average Bonchev–Trinajstić information content (AvgIpc) is 2.40. The summed E-state index contributed by atoms with van der Waals surface area (Å²) < 4.78 is 27.0. The van der Waals surface area contributed by atoms with Crippen molar-refractivity contribution in [1.29, 1.82) is 0 Å². The fourth-order valence-corrected chi connectivity index (χ4v) is 3.17. The second kappa shape index (κ2) is 5.95. The zero-order valence-electron chi connectivity index (χ0n) is 11.4. The third-order valence-electron chi connectivity index (χ3n) is 3.06. The van der Waals surface area contributed by atoms with Gasteiger partial charge in [0.05, 0.1) is 4.90 Å². The van der Waals surface area contributed by atoms with E-state index in [1.807, 2.05) is 26.0 Å². The van der Waals surface area contributed by atoms with Gasteiger partial charge >= 0.3 is 0 Å². The summed E-state index contributed by atoms with van der Waals surface area (Å²) in [5, 5.41) is 0.598. The molecule has 0 bridgehead atoms. The van der Waals surface area contributed by atoms with Gasteiger partial charge in [0, 0.05) is 11.6 Å². The normalized spacial score (nSPS) is 11.6. The van der Waals surface area contributed by atoms with Crippen LogP contribution in [0.4, 0.5) is 0 Å². The second-order valence-electron chi connectivity index (χ2n) is 4.71. The summed E-state index contributed by atoms with van der Waals surface area (Å²) in [6.07, 6.45) is 0. The van der Waals surface area contributed by atoms with Gasteiger partial charge in [0.15, 0.2) is 0 Å². The molecular formula is C15H16ClNO2S. The Labute approximate surface area is 124 Å². The van der Waals surface area contributed by atoms with Gasteiger partial charge in [-0.05, 0) is 54.8 Å². The van der Waals surface area contributed by atoms with Crippen LogP contribution in [0.25, 0.3) is 0 Å². The second-order valence-corrected chi connectivity index (χ2v) is 6.92. The Hall–Kier alpha value is -1.36. The number of hydrogen-bond donors (Lipinski definition) is 1. The molecule has 0 aliphatic carbocycles. The molecular weight excluding hydrogens is 294 g/mol. The zero-order valence-corrected chi connectivity index (χ0v) is 12.9. The summed E-state index contributed by atoms with van der Waals surface area (Å²) in [5.74, 6) is 0. The van der Waals surface area contributed by atoms with Crippen molar-refractivity contribution in [2.24, 2.45) is 0 Å². The van der Waals surface area contributed by atoms with Crippen LogP contribution >= 0.6 is 11.6 Å². The van der Waals surface area contributed by atoms with Crippen LogP contribution in [0, 0.1) is 13.8 Å². The fourth-order valence-electron chi connectivity index (χ4n) is 1.87. The van der Waals surface area contributed by atoms with Crippen molar-refractivity contribution in [2.75, 3.05) is 0 Å². The highest BCUT2D eigenvalue weighted by molar-refractivity contribution is 7.89. The lowest BCUT2D eigenvalue weighted by Crippen LogP contribution is -2.23. The Morgan fingerprint density at radius 3 is 2.55 bits per heavy atom. The Morgan fingerprint density at radius 2 is 1.85 bits per heavy atom. The third-order valence-corrected chi connectivity index (χ3v) is 4.70. The van der Waals surface area contributed by atoms with Crippen LogP contribution in [0.3, 0.4) is 0 Å². The van der Waals surface area contributed by atoms with Crippen LogP contribution in [0.15, 0.2) is 47.4 Å². The van der Waals surface area contributed by atoms with Crippen LogP contribution in [0.2, 0.25) is 5.02 Å². The highest BCUT2D eigenvalue weighted by Crippen LogP contribution is 2.17. The van der Waals surface area contributed by atoms with Gasteiger partial charge in [-0.2, -0.15) is 0 Å². The van der Waals surface area contributed by atoms with Gasteiger partial charge < -0.3 is 0 Å². The Bertz CT molecular complexity index is 726. The summed E-state index contributed by atoms with van der Waals surface area (Å²) in [7, 11) is -3.50. The number of halogens is 1. The number of aryl methyl sites for hydroxylation is 2. The first-order valence-electron chi connectivity index (χ1n) is 6.20. The standard InChI is InChI=1S/C15H16ClNO2S/c1-11-4-3-5-15(8-11)20(18,19)17-10-13-9-14(16)7-6-12(13)2/h3-9,17H,10H2,1-2H3. The quantitative estimate of drug-likeness (QED) is 0.940. The third kappa shape index (κ3) is 3.60. The molecule has 0 heterocycles. The molecule has 2 aromatic rings. The first kappa shape index (κ1) is 15.0. The fraction of sp³-hybridized carbons (Fsp3) is 0.200. The molecule has 0 amide bonds. The van der Waals surface area contributed by atoms with Gasteiger partial charge in [0.2, 0.25) is 10.0 Å². The topological polar surface area (TPSA) is 46.2 Å². The molecule has 0 unspecified atom stereocenters. The summed E-state index contributed by atoms with van der Waals surface area (Å²) in [6, 6.07) is 12.3. The first-order valence-corrected chi connectivity index (χ1v) is 8.06. The largest absolute Gasteiger partial charge is 0.240 e. The first-order chi connectivity index (χ1) is 9.38. The zero-order chi connectivity index (χ0) is 14.8. The Balaban J connectivity index is 2.19. The van der Waals surface area contributed by atoms with Crippen LogP contribution in [0.1, 0.15) is 16.7 Å². The van der Waals surface area contributed by atoms with Gasteiger partial charge in [0.1, 0.15) is 0 Å². The summed E-state index contributed by atoms with van der Waals surface area (Å²) >= 11 is 5.93. The number of sulfonamides is 1. The SMILES string of the molecule is Cc1cccc(S(=O)(=O)NCc2cc(Cl)ccc2C)c1. The van der Waals surface area contributed by atoms with E-state index in [-0.39, 0.29) is 11.4 Å². The van der Waals surface area contributed by atoms with Crippen molar-refractivity contribution in [3.63, 3.8) is 0 Å². The number of nitrogens with one attached hydrogen (secondary N) is 1. The van der Waals surface area contributed by atoms with E-state index >= 15 is 0 Å². The summed E-state index contributed by atoms with van der Waals surface area (Å²) in [6.45, 7) is 4.01. The van der Waals surface area contributed by atoms with Crippen molar-refractivity contribution >= 4 is 21.6 Å². The smallest absolute Gasteiger partial charge is 0.207 e. The minimum atomic E-state index is -3.50. The van der Waals surface area contributed by atoms with E-state index in [4.69, 9.17) is 11.6 Å². The van der Waals surface area contributed by atoms with E-state index in [1.165, 1.54) is 0 Å². The Morgan fingerprint density at radius 1 is 1.10 bits per heavy atom.